The average Bonchev–Trinajstić information content (AvgIpc) is 2.61. The van der Waals surface area contributed by atoms with Crippen LogP contribution in [-0.2, 0) is 0 Å². The molecule has 18 heavy (non-hydrogen) atoms. The van der Waals surface area contributed by atoms with Crippen molar-refractivity contribution in [2.24, 2.45) is 5.92 Å². The molecule has 98 valence electrons. The van der Waals surface area contributed by atoms with Crippen molar-refractivity contribution in [3.8, 4) is 0 Å². The molecule has 0 amide bonds. The summed E-state index contributed by atoms with van der Waals surface area (Å²) in [6.45, 7) is 5.39. The highest BCUT2D eigenvalue weighted by atomic mass is 32.1. The lowest BCUT2D eigenvalue weighted by Gasteiger charge is -2.26. The van der Waals surface area contributed by atoms with Gasteiger partial charge >= 0.3 is 0 Å². The van der Waals surface area contributed by atoms with Crippen LogP contribution in [0.2, 0.25) is 0 Å². The molecule has 0 fully saturated rings. The summed E-state index contributed by atoms with van der Waals surface area (Å²) in [4.78, 5) is 9.88. The second-order valence-electron chi connectivity index (χ2n) is 5.25. The van der Waals surface area contributed by atoms with Crippen molar-refractivity contribution in [2.45, 2.75) is 19.9 Å². The van der Waals surface area contributed by atoms with Crippen molar-refractivity contribution < 1.29 is 0 Å². The van der Waals surface area contributed by atoms with E-state index in [1.165, 1.54) is 0 Å². The van der Waals surface area contributed by atoms with E-state index in [-0.39, 0.29) is 0 Å². The Morgan fingerprint density at radius 2 is 2.17 bits per heavy atom. The first-order chi connectivity index (χ1) is 8.50. The van der Waals surface area contributed by atoms with Crippen LogP contribution in [0.5, 0.6) is 0 Å². The maximum Gasteiger partial charge on any atom is 0.179 e. The zero-order valence-electron chi connectivity index (χ0n) is 11.3. The van der Waals surface area contributed by atoms with Crippen molar-refractivity contribution in [1.82, 2.24) is 19.4 Å². The number of rotatable bonds is 4. The molecule has 0 radical (unpaired) electrons. The predicted octanol–water partition coefficient (Wildman–Crippen LogP) is 2.85. The minimum absolute atomic E-state index is 0.330. The molecule has 2 heterocycles. The third-order valence-electron chi connectivity index (χ3n) is 3.13. The molecule has 4 nitrogen and oxygen atoms in total. The molecule has 0 bridgehead atoms. The SMILES string of the molecule is CC(C)C(CN(C)C)n1c(=S)[nH]c2cccnc21. The van der Waals surface area contributed by atoms with Crippen LogP contribution in [0, 0.1) is 10.7 Å². The lowest BCUT2D eigenvalue weighted by molar-refractivity contribution is 0.271. The van der Waals surface area contributed by atoms with Crippen molar-refractivity contribution in [3.63, 3.8) is 0 Å². The van der Waals surface area contributed by atoms with Gasteiger partial charge in [-0.1, -0.05) is 13.8 Å². The largest absolute Gasteiger partial charge is 0.329 e. The molecule has 0 aliphatic heterocycles. The van der Waals surface area contributed by atoms with Crippen LogP contribution in [0.1, 0.15) is 19.9 Å². The van der Waals surface area contributed by atoms with E-state index in [2.05, 4.69) is 47.4 Å². The summed E-state index contributed by atoms with van der Waals surface area (Å²) in [5.74, 6) is 0.500. The smallest absolute Gasteiger partial charge is 0.179 e. The molecule has 2 aromatic rings. The van der Waals surface area contributed by atoms with Crippen LogP contribution >= 0.6 is 12.2 Å². The molecule has 0 saturated heterocycles. The molecule has 0 aromatic carbocycles. The number of aromatic amines is 1. The van der Waals surface area contributed by atoms with Gasteiger partial charge in [0.1, 0.15) is 0 Å². The van der Waals surface area contributed by atoms with Gasteiger partial charge < -0.3 is 9.88 Å². The molecule has 2 rings (SSSR count). The van der Waals surface area contributed by atoms with Crippen LogP contribution < -0.4 is 0 Å². The van der Waals surface area contributed by atoms with Gasteiger partial charge in [0.05, 0.1) is 11.6 Å². The minimum Gasteiger partial charge on any atom is -0.329 e. The Morgan fingerprint density at radius 3 is 2.78 bits per heavy atom. The van der Waals surface area contributed by atoms with Crippen LogP contribution in [0.25, 0.3) is 11.2 Å². The number of nitrogens with zero attached hydrogens (tertiary/aromatic N) is 3. The Hall–Kier alpha value is -1.20. The second kappa shape index (κ2) is 5.20. The van der Waals surface area contributed by atoms with Gasteiger partial charge in [-0.3, -0.25) is 4.57 Å². The monoisotopic (exact) mass is 264 g/mol. The highest BCUT2D eigenvalue weighted by Crippen LogP contribution is 2.23. The van der Waals surface area contributed by atoms with E-state index in [1.807, 2.05) is 18.3 Å². The highest BCUT2D eigenvalue weighted by molar-refractivity contribution is 7.71. The normalized spacial score (nSPS) is 13.7. The summed E-state index contributed by atoms with van der Waals surface area (Å²) in [5, 5.41) is 0. The van der Waals surface area contributed by atoms with Crippen molar-refractivity contribution in [3.05, 3.63) is 23.1 Å². The number of aromatic nitrogens is 3. The number of nitrogens with one attached hydrogen (secondary N) is 1. The number of H-pyrrole nitrogens is 1. The lowest BCUT2D eigenvalue weighted by Crippen LogP contribution is -2.28. The summed E-state index contributed by atoms with van der Waals surface area (Å²) < 4.78 is 2.90. The topological polar surface area (TPSA) is 36.9 Å². The van der Waals surface area contributed by atoms with Gasteiger partial charge in [-0.25, -0.2) is 4.98 Å². The first-order valence-corrected chi connectivity index (χ1v) is 6.61. The van der Waals surface area contributed by atoms with Crippen molar-refractivity contribution in [2.75, 3.05) is 20.6 Å². The van der Waals surface area contributed by atoms with Gasteiger partial charge in [-0.15, -0.1) is 0 Å². The molecule has 0 spiro atoms. The number of imidazole rings is 1. The average molecular weight is 264 g/mol. The summed E-state index contributed by atoms with van der Waals surface area (Å²) >= 11 is 5.45. The maximum absolute atomic E-state index is 5.45. The van der Waals surface area contributed by atoms with Crippen molar-refractivity contribution >= 4 is 23.4 Å². The molecule has 0 aliphatic carbocycles. The summed E-state index contributed by atoms with van der Waals surface area (Å²) in [7, 11) is 4.17. The summed E-state index contributed by atoms with van der Waals surface area (Å²) in [5.41, 5.74) is 1.95. The van der Waals surface area contributed by atoms with Crippen LogP contribution in [0.4, 0.5) is 0 Å². The van der Waals surface area contributed by atoms with Crippen LogP contribution in [0.15, 0.2) is 18.3 Å². The molecular formula is C13H20N4S. The number of fused-ring (bicyclic) bond motifs is 1. The molecule has 5 heteroatoms. The van der Waals surface area contributed by atoms with E-state index in [4.69, 9.17) is 12.2 Å². The molecule has 0 aliphatic rings. The highest BCUT2D eigenvalue weighted by Gasteiger charge is 2.20. The Morgan fingerprint density at radius 1 is 1.44 bits per heavy atom. The molecule has 2 aromatic heterocycles. The zero-order valence-corrected chi connectivity index (χ0v) is 12.2. The third kappa shape index (κ3) is 2.47. The molecule has 1 unspecified atom stereocenters. The Balaban J connectivity index is 2.56. The zero-order chi connectivity index (χ0) is 13.3. The molecule has 1 N–H and O–H groups in total. The van der Waals surface area contributed by atoms with Crippen LogP contribution in [0.3, 0.4) is 0 Å². The Kier molecular flexibility index (Phi) is 3.82. The fraction of sp³-hybridized carbons (Fsp3) is 0.538. The summed E-state index contributed by atoms with van der Waals surface area (Å²) in [6, 6.07) is 4.27. The quantitative estimate of drug-likeness (QED) is 0.863. The lowest BCUT2D eigenvalue weighted by atomic mass is 10.0. The van der Waals surface area contributed by atoms with Gasteiger partial charge in [0.2, 0.25) is 0 Å². The number of pyridine rings is 1. The molecule has 1 atom stereocenters. The fourth-order valence-electron chi connectivity index (χ4n) is 2.23. The number of hydrogen-bond donors (Lipinski definition) is 1. The minimum atomic E-state index is 0.330. The second-order valence-corrected chi connectivity index (χ2v) is 5.64. The van der Waals surface area contributed by atoms with Gasteiger partial charge in [-0.2, -0.15) is 0 Å². The third-order valence-corrected chi connectivity index (χ3v) is 3.43. The van der Waals surface area contributed by atoms with E-state index >= 15 is 0 Å². The Bertz CT molecular complexity index is 582. The van der Waals surface area contributed by atoms with Gasteiger partial charge in [0, 0.05) is 12.7 Å². The Labute approximate surface area is 113 Å². The summed E-state index contributed by atoms with van der Waals surface area (Å²) in [6.07, 6.45) is 1.81. The van der Waals surface area contributed by atoms with E-state index in [0.29, 0.717) is 12.0 Å². The fourth-order valence-corrected chi connectivity index (χ4v) is 2.56. The first-order valence-electron chi connectivity index (χ1n) is 6.20. The van der Waals surface area contributed by atoms with Gasteiger partial charge in [-0.05, 0) is 44.4 Å². The van der Waals surface area contributed by atoms with E-state index in [1.54, 1.807) is 0 Å². The van der Waals surface area contributed by atoms with E-state index in [9.17, 15) is 0 Å². The van der Waals surface area contributed by atoms with E-state index in [0.717, 1.165) is 22.5 Å². The predicted molar refractivity (Wildman–Crippen MR) is 77.3 cm³/mol. The molecule has 0 saturated carbocycles. The number of likely N-dealkylation sites (N-methyl/N-ethyl adjacent to an activating group) is 1. The van der Waals surface area contributed by atoms with Gasteiger partial charge in [0.15, 0.2) is 10.4 Å². The molecular weight excluding hydrogens is 244 g/mol. The van der Waals surface area contributed by atoms with Crippen LogP contribution in [-0.4, -0.2) is 40.1 Å². The van der Waals surface area contributed by atoms with Gasteiger partial charge in [0.25, 0.3) is 0 Å². The van der Waals surface area contributed by atoms with Crippen molar-refractivity contribution in [1.29, 1.82) is 0 Å². The van der Waals surface area contributed by atoms with E-state index < -0.39 is 0 Å². The first kappa shape index (κ1) is 13.2. The maximum atomic E-state index is 5.45. The number of hydrogen-bond acceptors (Lipinski definition) is 3. The standard InChI is InChI=1S/C13H20N4S/c1-9(2)11(8-16(3)4)17-12-10(15-13(17)18)6-5-7-14-12/h5-7,9,11H,8H2,1-4H3,(H,15,18).